The molecule has 0 saturated heterocycles. The molecule has 0 radical (unpaired) electrons. The number of ether oxygens (including phenoxy) is 1. The van der Waals surface area contributed by atoms with Crippen LogP contribution >= 0.6 is 0 Å². The molecule has 0 atom stereocenters. The van der Waals surface area contributed by atoms with Gasteiger partial charge in [0.2, 0.25) is 0 Å². The second kappa shape index (κ2) is 7.50. The van der Waals surface area contributed by atoms with Crippen LogP contribution in [0.3, 0.4) is 0 Å². The molecule has 4 nitrogen and oxygen atoms in total. The average molecular weight is 285 g/mol. The van der Waals surface area contributed by atoms with Crippen molar-refractivity contribution in [1.82, 2.24) is 5.32 Å². The van der Waals surface area contributed by atoms with Gasteiger partial charge in [0, 0.05) is 18.4 Å². The predicted molar refractivity (Wildman–Crippen MR) is 78.4 cm³/mol. The van der Waals surface area contributed by atoms with E-state index in [1.807, 2.05) is 25.1 Å². The Hall–Kier alpha value is -1.07. The summed E-state index contributed by atoms with van der Waals surface area (Å²) < 4.78 is 27.9. The van der Waals surface area contributed by atoms with Crippen molar-refractivity contribution in [1.29, 1.82) is 0 Å². The van der Waals surface area contributed by atoms with Crippen molar-refractivity contribution in [3.8, 4) is 5.75 Å². The Kier molecular flexibility index (Phi) is 6.31. The van der Waals surface area contributed by atoms with Crippen LogP contribution < -0.4 is 10.1 Å². The molecule has 0 aliphatic rings. The van der Waals surface area contributed by atoms with E-state index in [9.17, 15) is 8.42 Å². The van der Waals surface area contributed by atoms with Crippen LogP contribution in [0.25, 0.3) is 0 Å². The van der Waals surface area contributed by atoms with Gasteiger partial charge < -0.3 is 10.1 Å². The van der Waals surface area contributed by atoms with Gasteiger partial charge in [-0.1, -0.05) is 25.1 Å². The maximum Gasteiger partial charge on any atom is 0.150 e. The smallest absolute Gasteiger partial charge is 0.150 e. The second-order valence-electron chi connectivity index (χ2n) is 4.72. The van der Waals surface area contributed by atoms with Gasteiger partial charge in [0.05, 0.1) is 5.75 Å². The number of benzene rings is 1. The van der Waals surface area contributed by atoms with Crippen LogP contribution in [0.4, 0.5) is 0 Å². The molecule has 0 amide bonds. The zero-order valence-electron chi connectivity index (χ0n) is 11.9. The summed E-state index contributed by atoms with van der Waals surface area (Å²) in [4.78, 5) is 0. The van der Waals surface area contributed by atoms with E-state index >= 15 is 0 Å². The number of para-hydroxylation sites is 1. The van der Waals surface area contributed by atoms with Crippen molar-refractivity contribution in [2.75, 3.05) is 25.2 Å². The van der Waals surface area contributed by atoms with Crippen LogP contribution in [0, 0.1) is 6.92 Å². The van der Waals surface area contributed by atoms with E-state index in [0.717, 1.165) is 36.4 Å². The van der Waals surface area contributed by atoms with Crippen LogP contribution in [-0.2, 0) is 16.4 Å². The summed E-state index contributed by atoms with van der Waals surface area (Å²) in [5.74, 6) is 0.846. The normalized spacial score (nSPS) is 11.5. The maximum atomic E-state index is 11.1. The number of aryl methyl sites for hydroxylation is 1. The molecule has 0 aromatic heterocycles. The quantitative estimate of drug-likeness (QED) is 0.741. The van der Waals surface area contributed by atoms with Crippen molar-refractivity contribution in [3.05, 3.63) is 29.3 Å². The number of hydrogen-bond acceptors (Lipinski definition) is 4. The Morgan fingerprint density at radius 2 is 2.05 bits per heavy atom. The number of hydrogen-bond donors (Lipinski definition) is 1. The molecular formula is C14H23NO3S. The van der Waals surface area contributed by atoms with Crippen molar-refractivity contribution in [3.63, 3.8) is 0 Å². The molecule has 0 saturated carbocycles. The Morgan fingerprint density at radius 1 is 1.32 bits per heavy atom. The summed E-state index contributed by atoms with van der Waals surface area (Å²) in [6.45, 7) is 5.98. The van der Waals surface area contributed by atoms with Crippen LogP contribution in [-0.4, -0.2) is 33.6 Å². The average Bonchev–Trinajstić information content (AvgIpc) is 2.31. The van der Waals surface area contributed by atoms with E-state index in [4.69, 9.17) is 4.74 Å². The zero-order chi connectivity index (χ0) is 14.3. The van der Waals surface area contributed by atoms with E-state index in [1.54, 1.807) is 0 Å². The lowest BCUT2D eigenvalue weighted by Crippen LogP contribution is -2.17. The van der Waals surface area contributed by atoms with Crippen molar-refractivity contribution in [2.45, 2.75) is 26.8 Å². The predicted octanol–water partition coefficient (Wildman–Crippen LogP) is 1.92. The van der Waals surface area contributed by atoms with Crippen LogP contribution in [0.15, 0.2) is 18.2 Å². The van der Waals surface area contributed by atoms with Gasteiger partial charge in [0.1, 0.15) is 12.4 Å². The summed E-state index contributed by atoms with van der Waals surface area (Å²) in [6.07, 6.45) is 2.30. The summed E-state index contributed by atoms with van der Waals surface area (Å²) in [6, 6.07) is 5.96. The monoisotopic (exact) mass is 285 g/mol. The fourth-order valence-corrected chi connectivity index (χ4v) is 2.14. The molecule has 0 bridgehead atoms. The Balaban J connectivity index is 2.68. The Labute approximate surface area is 116 Å². The topological polar surface area (TPSA) is 55.4 Å². The van der Waals surface area contributed by atoms with Gasteiger partial charge in [-0.2, -0.15) is 0 Å². The molecule has 0 spiro atoms. The minimum atomic E-state index is -2.98. The molecule has 1 N–H and O–H groups in total. The summed E-state index contributed by atoms with van der Waals surface area (Å²) >= 11 is 0. The minimum Gasteiger partial charge on any atom is -0.492 e. The van der Waals surface area contributed by atoms with Crippen molar-refractivity contribution in [2.24, 2.45) is 0 Å². The highest BCUT2D eigenvalue weighted by Gasteiger charge is 2.08. The molecule has 0 aliphatic heterocycles. The van der Waals surface area contributed by atoms with Crippen LogP contribution in [0.5, 0.6) is 5.75 Å². The van der Waals surface area contributed by atoms with E-state index in [2.05, 4.69) is 12.2 Å². The number of sulfone groups is 1. The lowest BCUT2D eigenvalue weighted by atomic mass is 10.1. The molecule has 5 heteroatoms. The van der Waals surface area contributed by atoms with Crippen molar-refractivity contribution >= 4 is 9.84 Å². The Morgan fingerprint density at radius 3 is 2.68 bits per heavy atom. The third-order valence-corrected chi connectivity index (χ3v) is 3.64. The fourth-order valence-electron chi connectivity index (χ4n) is 1.75. The number of nitrogens with one attached hydrogen (secondary N) is 1. The van der Waals surface area contributed by atoms with Gasteiger partial charge in [-0.05, 0) is 25.5 Å². The molecule has 19 heavy (non-hydrogen) atoms. The number of rotatable bonds is 8. The fraction of sp³-hybridized carbons (Fsp3) is 0.571. The molecule has 1 rings (SSSR count). The summed E-state index contributed by atoms with van der Waals surface area (Å²) in [7, 11) is -2.98. The third kappa shape index (κ3) is 6.07. The molecule has 0 aliphatic carbocycles. The summed E-state index contributed by atoms with van der Waals surface area (Å²) in [5, 5.41) is 3.33. The van der Waals surface area contributed by atoms with Gasteiger partial charge in [-0.3, -0.25) is 0 Å². The molecule has 1 aromatic carbocycles. The molecule has 0 heterocycles. The standard InChI is InChI=1S/C14H23NO3S/c1-4-8-15-11-13-7-5-6-12(2)14(13)18-9-10-19(3,16)17/h5-7,15H,4,8-11H2,1-3H3. The van der Waals surface area contributed by atoms with E-state index in [1.165, 1.54) is 6.26 Å². The lowest BCUT2D eigenvalue weighted by Gasteiger charge is -2.14. The largest absolute Gasteiger partial charge is 0.492 e. The molecule has 108 valence electrons. The first kappa shape index (κ1) is 16.0. The zero-order valence-corrected chi connectivity index (χ0v) is 12.7. The highest BCUT2D eigenvalue weighted by atomic mass is 32.2. The first-order chi connectivity index (χ1) is 8.94. The van der Waals surface area contributed by atoms with E-state index in [-0.39, 0.29) is 12.4 Å². The van der Waals surface area contributed by atoms with Gasteiger partial charge in [-0.15, -0.1) is 0 Å². The molecular weight excluding hydrogens is 262 g/mol. The molecule has 1 aromatic rings. The van der Waals surface area contributed by atoms with E-state index < -0.39 is 9.84 Å². The first-order valence-corrected chi connectivity index (χ1v) is 8.60. The summed E-state index contributed by atoms with van der Waals surface area (Å²) in [5.41, 5.74) is 2.10. The Bertz CT molecular complexity index is 497. The van der Waals surface area contributed by atoms with E-state index in [0.29, 0.717) is 0 Å². The van der Waals surface area contributed by atoms with Gasteiger partial charge in [0.15, 0.2) is 9.84 Å². The minimum absolute atomic E-state index is 0.0448. The second-order valence-corrected chi connectivity index (χ2v) is 6.98. The van der Waals surface area contributed by atoms with Crippen molar-refractivity contribution < 1.29 is 13.2 Å². The third-order valence-electron chi connectivity index (χ3n) is 2.74. The van der Waals surface area contributed by atoms with Crippen LogP contribution in [0.2, 0.25) is 0 Å². The highest BCUT2D eigenvalue weighted by molar-refractivity contribution is 7.90. The highest BCUT2D eigenvalue weighted by Crippen LogP contribution is 2.23. The molecule has 0 fully saturated rings. The SMILES string of the molecule is CCCNCc1cccc(C)c1OCCS(C)(=O)=O. The van der Waals surface area contributed by atoms with Gasteiger partial charge >= 0.3 is 0 Å². The lowest BCUT2D eigenvalue weighted by molar-refractivity contribution is 0.334. The first-order valence-electron chi connectivity index (χ1n) is 6.53. The van der Waals surface area contributed by atoms with Gasteiger partial charge in [0.25, 0.3) is 0 Å². The molecule has 0 unspecified atom stereocenters. The maximum absolute atomic E-state index is 11.1. The van der Waals surface area contributed by atoms with Crippen LogP contribution in [0.1, 0.15) is 24.5 Å². The van der Waals surface area contributed by atoms with Gasteiger partial charge in [-0.25, -0.2) is 8.42 Å².